The summed E-state index contributed by atoms with van der Waals surface area (Å²) >= 11 is 6.30. The van der Waals surface area contributed by atoms with Gasteiger partial charge in [0.25, 0.3) is 5.56 Å². The Morgan fingerprint density at radius 3 is 2.38 bits per heavy atom. The van der Waals surface area contributed by atoms with Gasteiger partial charge in [-0.2, -0.15) is 0 Å². The van der Waals surface area contributed by atoms with Gasteiger partial charge in [0.1, 0.15) is 11.5 Å². The molecule has 0 radical (unpaired) electrons. The van der Waals surface area contributed by atoms with Crippen molar-refractivity contribution >= 4 is 22.6 Å². The number of hydrogen-bond donors (Lipinski definition) is 0. The highest BCUT2D eigenvalue weighted by molar-refractivity contribution is 6.33. The first kappa shape index (κ1) is 21.9. The fourth-order valence-electron chi connectivity index (χ4n) is 4.10. The van der Waals surface area contributed by atoms with Crippen molar-refractivity contribution < 1.29 is 4.42 Å². The fraction of sp³-hybridized carbons (Fsp3) is 0.154. The van der Waals surface area contributed by atoms with Crippen LogP contribution >= 0.6 is 11.6 Å². The third-order valence-corrected chi connectivity index (χ3v) is 6.07. The molecule has 0 N–H and O–H groups in total. The lowest BCUT2D eigenvalue weighted by molar-refractivity contribution is 0.536. The molecule has 0 amide bonds. The van der Waals surface area contributed by atoms with Gasteiger partial charge in [-0.25, -0.2) is 19.3 Å². The molecule has 7 nitrogen and oxygen atoms in total. The van der Waals surface area contributed by atoms with Crippen LogP contribution in [0.3, 0.4) is 0 Å². The Balaban J connectivity index is 1.74. The lowest BCUT2D eigenvalue weighted by Crippen LogP contribution is -2.40. The number of oxazole rings is 1. The van der Waals surface area contributed by atoms with Gasteiger partial charge in [-0.1, -0.05) is 41.9 Å². The molecular weight excluding hydrogens is 452 g/mol. The summed E-state index contributed by atoms with van der Waals surface area (Å²) in [4.78, 5) is 36.3. The average molecular weight is 473 g/mol. The first-order valence-electron chi connectivity index (χ1n) is 10.8. The molecule has 0 saturated heterocycles. The molecule has 3 heterocycles. The minimum absolute atomic E-state index is 0.0481. The van der Waals surface area contributed by atoms with Gasteiger partial charge in [-0.05, 0) is 56.7 Å². The zero-order chi connectivity index (χ0) is 24.0. The minimum Gasteiger partial charge on any atom is -0.441 e. The molecule has 170 valence electrons. The van der Waals surface area contributed by atoms with Crippen molar-refractivity contribution in [2.24, 2.45) is 0 Å². The number of rotatable bonds is 4. The van der Waals surface area contributed by atoms with Crippen LogP contribution in [-0.4, -0.2) is 19.1 Å². The van der Waals surface area contributed by atoms with Crippen LogP contribution < -0.4 is 11.2 Å². The second-order valence-electron chi connectivity index (χ2n) is 8.13. The summed E-state index contributed by atoms with van der Waals surface area (Å²) in [5, 5.41) is 0.892. The number of para-hydroxylation sites is 1. The fourth-order valence-corrected chi connectivity index (χ4v) is 4.32. The SMILES string of the molecule is Cc1cc(C)c2c(=O)n(Cc3nc(-c4ccccc4Cl)oc3C)c(=O)n(-c3ccccc3)c2n1. The van der Waals surface area contributed by atoms with E-state index in [4.69, 9.17) is 16.0 Å². The lowest BCUT2D eigenvalue weighted by Gasteiger charge is -2.15. The van der Waals surface area contributed by atoms with E-state index in [0.717, 1.165) is 11.3 Å². The molecule has 2 aromatic carbocycles. The number of fused-ring (bicyclic) bond motifs is 1. The maximum atomic E-state index is 13.7. The summed E-state index contributed by atoms with van der Waals surface area (Å²) in [5.74, 6) is 0.843. The summed E-state index contributed by atoms with van der Waals surface area (Å²) in [7, 11) is 0. The van der Waals surface area contributed by atoms with Gasteiger partial charge >= 0.3 is 5.69 Å². The van der Waals surface area contributed by atoms with Gasteiger partial charge in [-0.3, -0.25) is 9.36 Å². The number of aryl methyl sites for hydroxylation is 3. The molecule has 0 bridgehead atoms. The van der Waals surface area contributed by atoms with Crippen molar-refractivity contribution in [1.82, 2.24) is 19.1 Å². The maximum absolute atomic E-state index is 13.7. The predicted molar refractivity (Wildman–Crippen MR) is 132 cm³/mol. The standard InChI is InChI=1S/C26H21ClN4O3/c1-15-13-16(2)28-23-22(15)25(32)30(26(33)31(23)18-9-5-4-6-10-18)14-21-17(3)34-24(29-21)19-11-7-8-12-20(19)27/h4-13H,14H2,1-3H3. The van der Waals surface area contributed by atoms with E-state index >= 15 is 0 Å². The summed E-state index contributed by atoms with van der Waals surface area (Å²) < 4.78 is 8.50. The molecule has 0 aliphatic rings. The highest BCUT2D eigenvalue weighted by Crippen LogP contribution is 2.28. The molecule has 0 spiro atoms. The normalized spacial score (nSPS) is 11.3. The van der Waals surface area contributed by atoms with Crippen LogP contribution in [0.2, 0.25) is 5.02 Å². The van der Waals surface area contributed by atoms with Crippen LogP contribution in [0.1, 0.15) is 22.7 Å². The number of aromatic nitrogens is 4. The number of pyridine rings is 1. The zero-order valence-corrected chi connectivity index (χ0v) is 19.6. The van der Waals surface area contributed by atoms with Crippen LogP contribution in [0.15, 0.2) is 74.7 Å². The van der Waals surface area contributed by atoms with Gasteiger partial charge in [-0.15, -0.1) is 0 Å². The molecule has 0 saturated carbocycles. The molecule has 5 aromatic rings. The Hall–Kier alpha value is -3.97. The molecular formula is C26H21ClN4O3. The van der Waals surface area contributed by atoms with Crippen LogP contribution in [0.5, 0.6) is 0 Å². The third kappa shape index (κ3) is 3.64. The van der Waals surface area contributed by atoms with Crippen LogP contribution in [0.25, 0.3) is 28.2 Å². The van der Waals surface area contributed by atoms with E-state index in [1.54, 1.807) is 19.1 Å². The van der Waals surface area contributed by atoms with Crippen molar-refractivity contribution in [2.75, 3.05) is 0 Å². The molecule has 0 aliphatic carbocycles. The van der Waals surface area contributed by atoms with Gasteiger partial charge in [0.05, 0.1) is 28.2 Å². The highest BCUT2D eigenvalue weighted by Gasteiger charge is 2.21. The Morgan fingerprint density at radius 2 is 1.65 bits per heavy atom. The summed E-state index contributed by atoms with van der Waals surface area (Å²) in [6.07, 6.45) is 0. The van der Waals surface area contributed by atoms with Crippen molar-refractivity contribution in [2.45, 2.75) is 27.3 Å². The molecule has 3 aromatic heterocycles. The Labute approximate surface area is 199 Å². The Kier molecular flexibility index (Phi) is 5.42. The van der Waals surface area contributed by atoms with Gasteiger partial charge in [0, 0.05) is 5.69 Å². The minimum atomic E-state index is -0.497. The van der Waals surface area contributed by atoms with Gasteiger partial charge in [0.15, 0.2) is 5.65 Å². The summed E-state index contributed by atoms with van der Waals surface area (Å²) in [6.45, 7) is 5.39. The van der Waals surface area contributed by atoms with E-state index in [2.05, 4.69) is 9.97 Å². The molecule has 0 aliphatic heterocycles. The molecule has 0 fully saturated rings. The van der Waals surface area contributed by atoms with E-state index in [9.17, 15) is 9.59 Å². The predicted octanol–water partition coefficient (Wildman–Crippen LogP) is 4.83. The van der Waals surface area contributed by atoms with Crippen molar-refractivity contribution in [1.29, 1.82) is 0 Å². The summed E-state index contributed by atoms with van der Waals surface area (Å²) in [5.41, 5.74) is 2.64. The van der Waals surface area contributed by atoms with E-state index in [1.165, 1.54) is 9.13 Å². The topological polar surface area (TPSA) is 82.9 Å². The number of benzene rings is 2. The molecule has 0 atom stereocenters. The summed E-state index contributed by atoms with van der Waals surface area (Å²) in [6, 6.07) is 18.2. The van der Waals surface area contributed by atoms with Gasteiger partial charge in [0.2, 0.25) is 5.89 Å². The Morgan fingerprint density at radius 1 is 0.941 bits per heavy atom. The largest absolute Gasteiger partial charge is 0.441 e. The van der Waals surface area contributed by atoms with Crippen LogP contribution in [0, 0.1) is 20.8 Å². The second kappa shape index (κ2) is 8.43. The van der Waals surface area contributed by atoms with Crippen LogP contribution in [-0.2, 0) is 6.54 Å². The maximum Gasteiger partial charge on any atom is 0.337 e. The van der Waals surface area contributed by atoms with Gasteiger partial charge < -0.3 is 4.42 Å². The first-order valence-corrected chi connectivity index (χ1v) is 11.1. The monoisotopic (exact) mass is 472 g/mol. The van der Waals surface area contributed by atoms with E-state index in [-0.39, 0.29) is 6.54 Å². The number of hydrogen-bond acceptors (Lipinski definition) is 5. The Bertz CT molecular complexity index is 1670. The zero-order valence-electron chi connectivity index (χ0n) is 18.9. The molecule has 34 heavy (non-hydrogen) atoms. The molecule has 5 rings (SSSR count). The smallest absolute Gasteiger partial charge is 0.337 e. The van der Waals surface area contributed by atoms with Crippen molar-refractivity contribution in [3.05, 3.63) is 109 Å². The van der Waals surface area contributed by atoms with Crippen LogP contribution in [0.4, 0.5) is 0 Å². The third-order valence-electron chi connectivity index (χ3n) is 5.74. The molecule has 8 heteroatoms. The highest BCUT2D eigenvalue weighted by atomic mass is 35.5. The van der Waals surface area contributed by atoms with E-state index < -0.39 is 11.2 Å². The van der Waals surface area contributed by atoms with Crippen molar-refractivity contribution in [3.8, 4) is 17.1 Å². The van der Waals surface area contributed by atoms with Crippen molar-refractivity contribution in [3.63, 3.8) is 0 Å². The number of nitrogens with zero attached hydrogens (tertiary/aromatic N) is 4. The first-order chi connectivity index (χ1) is 16.3. The quantitative estimate of drug-likeness (QED) is 0.374. The number of halogens is 1. The van der Waals surface area contributed by atoms with E-state index in [1.807, 2.05) is 62.4 Å². The second-order valence-corrected chi connectivity index (χ2v) is 8.53. The average Bonchev–Trinajstić information content (AvgIpc) is 3.17. The molecule has 0 unspecified atom stereocenters. The lowest BCUT2D eigenvalue weighted by atomic mass is 10.1. The van der Waals surface area contributed by atoms with E-state index in [0.29, 0.717) is 44.7 Å².